The van der Waals surface area contributed by atoms with Crippen molar-refractivity contribution in [1.82, 2.24) is 10.2 Å². The van der Waals surface area contributed by atoms with E-state index in [-0.39, 0.29) is 12.1 Å². The maximum atomic E-state index is 12.0. The number of nitrogens with zero attached hydrogens (tertiary/aromatic N) is 1. The molecule has 2 amide bonds. The van der Waals surface area contributed by atoms with Gasteiger partial charge in [-0.25, -0.2) is 4.79 Å². The number of nitrogens with one attached hydrogen (secondary N) is 2. The van der Waals surface area contributed by atoms with E-state index in [2.05, 4.69) is 15.5 Å². The number of benzene rings is 1. The van der Waals surface area contributed by atoms with Crippen LogP contribution in [0.15, 0.2) is 24.3 Å². The van der Waals surface area contributed by atoms with E-state index in [1.807, 2.05) is 24.3 Å². The largest absolute Gasteiger partial charge is 0.497 e. The Morgan fingerprint density at radius 1 is 1.25 bits per heavy atom. The van der Waals surface area contributed by atoms with Gasteiger partial charge in [-0.3, -0.25) is 0 Å². The summed E-state index contributed by atoms with van der Waals surface area (Å²) in [5.41, 5.74) is 0.782. The van der Waals surface area contributed by atoms with E-state index in [0.717, 1.165) is 18.0 Å². The number of amides is 2. The number of hydrogen-bond donors (Lipinski definition) is 2. The van der Waals surface area contributed by atoms with E-state index in [4.69, 9.17) is 4.74 Å². The molecular formula is C15H21N3O2. The summed E-state index contributed by atoms with van der Waals surface area (Å²) in [6.07, 6.45) is 2.40. The van der Waals surface area contributed by atoms with Crippen molar-refractivity contribution in [2.24, 2.45) is 5.92 Å². The molecule has 3 aliphatic rings. The number of urea groups is 1. The van der Waals surface area contributed by atoms with Gasteiger partial charge in [0, 0.05) is 18.3 Å². The molecule has 1 atom stereocenters. The van der Waals surface area contributed by atoms with Crippen LogP contribution < -0.4 is 15.4 Å². The van der Waals surface area contributed by atoms with Crippen LogP contribution in [0.5, 0.6) is 5.75 Å². The molecule has 0 aromatic heterocycles. The fraction of sp³-hybridized carbons (Fsp3) is 0.533. The van der Waals surface area contributed by atoms with E-state index in [9.17, 15) is 4.79 Å². The molecule has 2 bridgehead atoms. The number of piperidine rings is 3. The van der Waals surface area contributed by atoms with Gasteiger partial charge in [-0.05, 0) is 56.1 Å². The molecule has 3 heterocycles. The summed E-state index contributed by atoms with van der Waals surface area (Å²) in [6.45, 7) is 3.35. The first-order valence-electron chi connectivity index (χ1n) is 7.18. The maximum Gasteiger partial charge on any atom is 0.319 e. The first-order chi connectivity index (χ1) is 9.74. The van der Waals surface area contributed by atoms with E-state index in [1.54, 1.807) is 7.11 Å². The Hall–Kier alpha value is -1.75. The molecule has 0 spiro atoms. The highest BCUT2D eigenvalue weighted by atomic mass is 16.5. The molecule has 3 aliphatic heterocycles. The van der Waals surface area contributed by atoms with Gasteiger partial charge in [-0.1, -0.05) is 0 Å². The monoisotopic (exact) mass is 275 g/mol. The highest BCUT2D eigenvalue weighted by Crippen LogP contribution is 2.27. The smallest absolute Gasteiger partial charge is 0.319 e. The predicted molar refractivity (Wildman–Crippen MR) is 78.1 cm³/mol. The number of rotatable bonds is 3. The van der Waals surface area contributed by atoms with Gasteiger partial charge < -0.3 is 20.3 Å². The van der Waals surface area contributed by atoms with Crippen molar-refractivity contribution in [3.63, 3.8) is 0 Å². The second-order valence-corrected chi connectivity index (χ2v) is 5.57. The van der Waals surface area contributed by atoms with Crippen molar-refractivity contribution >= 4 is 11.7 Å². The van der Waals surface area contributed by atoms with Crippen molar-refractivity contribution in [1.29, 1.82) is 0 Å². The Labute approximate surface area is 119 Å². The van der Waals surface area contributed by atoms with Gasteiger partial charge in [0.2, 0.25) is 0 Å². The third kappa shape index (κ3) is 2.88. The van der Waals surface area contributed by atoms with Crippen LogP contribution in [0.4, 0.5) is 10.5 Å². The Morgan fingerprint density at radius 3 is 2.50 bits per heavy atom. The lowest BCUT2D eigenvalue weighted by Gasteiger charge is -2.44. The first kappa shape index (κ1) is 13.2. The van der Waals surface area contributed by atoms with Crippen LogP contribution in [0.3, 0.4) is 0 Å². The molecule has 108 valence electrons. The maximum absolute atomic E-state index is 12.0. The summed E-state index contributed by atoms with van der Waals surface area (Å²) in [5.74, 6) is 1.43. The zero-order valence-corrected chi connectivity index (χ0v) is 11.8. The van der Waals surface area contributed by atoms with Crippen LogP contribution in [0.2, 0.25) is 0 Å². The molecule has 1 aromatic carbocycles. The quantitative estimate of drug-likeness (QED) is 0.886. The summed E-state index contributed by atoms with van der Waals surface area (Å²) in [6, 6.07) is 7.53. The number of methoxy groups -OCH3 is 1. The average molecular weight is 275 g/mol. The van der Waals surface area contributed by atoms with Gasteiger partial charge in [0.15, 0.2) is 0 Å². The van der Waals surface area contributed by atoms with E-state index in [1.165, 1.54) is 25.9 Å². The Balaban J connectivity index is 1.54. The van der Waals surface area contributed by atoms with Crippen LogP contribution in [0.1, 0.15) is 12.8 Å². The SMILES string of the molecule is COc1ccc(NC(=O)NC2CN3CCC2CC3)cc1. The van der Waals surface area contributed by atoms with Crippen molar-refractivity contribution < 1.29 is 9.53 Å². The average Bonchev–Trinajstić information content (AvgIpc) is 2.49. The van der Waals surface area contributed by atoms with Gasteiger partial charge in [-0.15, -0.1) is 0 Å². The number of carbonyl (C=O) groups excluding carboxylic acids is 1. The van der Waals surface area contributed by atoms with Gasteiger partial charge in [0.05, 0.1) is 7.11 Å². The zero-order chi connectivity index (χ0) is 13.9. The fourth-order valence-corrected chi connectivity index (χ4v) is 3.14. The molecule has 1 unspecified atom stereocenters. The Kier molecular flexibility index (Phi) is 3.78. The molecule has 3 saturated heterocycles. The van der Waals surface area contributed by atoms with Crippen molar-refractivity contribution in [2.75, 3.05) is 32.1 Å². The van der Waals surface area contributed by atoms with Crippen LogP contribution in [0, 0.1) is 5.92 Å². The third-order valence-electron chi connectivity index (χ3n) is 4.32. The van der Waals surface area contributed by atoms with E-state index < -0.39 is 0 Å². The summed E-state index contributed by atoms with van der Waals surface area (Å²) in [5, 5.41) is 5.98. The summed E-state index contributed by atoms with van der Waals surface area (Å²) in [4.78, 5) is 14.5. The molecule has 5 heteroatoms. The zero-order valence-electron chi connectivity index (χ0n) is 11.8. The molecule has 20 heavy (non-hydrogen) atoms. The van der Waals surface area contributed by atoms with Gasteiger partial charge in [0.25, 0.3) is 0 Å². The van der Waals surface area contributed by atoms with Crippen molar-refractivity contribution in [2.45, 2.75) is 18.9 Å². The molecule has 0 radical (unpaired) electrons. The molecule has 0 aliphatic carbocycles. The number of hydrogen-bond acceptors (Lipinski definition) is 3. The molecular weight excluding hydrogens is 254 g/mol. The van der Waals surface area contributed by atoms with Gasteiger partial charge in [0.1, 0.15) is 5.75 Å². The number of carbonyl (C=O) groups is 1. The van der Waals surface area contributed by atoms with Gasteiger partial charge in [-0.2, -0.15) is 0 Å². The Bertz CT molecular complexity index is 467. The Morgan fingerprint density at radius 2 is 1.95 bits per heavy atom. The van der Waals surface area contributed by atoms with Crippen LogP contribution in [-0.4, -0.2) is 43.7 Å². The van der Waals surface area contributed by atoms with Crippen molar-refractivity contribution in [3.05, 3.63) is 24.3 Å². The fourth-order valence-electron chi connectivity index (χ4n) is 3.14. The standard InChI is InChI=1S/C15H21N3O2/c1-20-13-4-2-12(3-5-13)16-15(19)17-14-10-18-8-6-11(14)7-9-18/h2-5,11,14H,6-10H2,1H3,(H2,16,17,19). The molecule has 4 rings (SSSR count). The second-order valence-electron chi connectivity index (χ2n) is 5.57. The van der Waals surface area contributed by atoms with E-state index >= 15 is 0 Å². The molecule has 1 aromatic rings. The molecule has 0 saturated carbocycles. The van der Waals surface area contributed by atoms with Gasteiger partial charge >= 0.3 is 6.03 Å². The number of anilines is 1. The number of fused-ring (bicyclic) bond motifs is 3. The lowest BCUT2D eigenvalue weighted by atomic mass is 9.84. The number of ether oxygens (including phenoxy) is 1. The predicted octanol–water partition coefficient (Wildman–Crippen LogP) is 1.91. The van der Waals surface area contributed by atoms with E-state index in [0.29, 0.717) is 5.92 Å². The summed E-state index contributed by atoms with van der Waals surface area (Å²) < 4.78 is 5.10. The summed E-state index contributed by atoms with van der Waals surface area (Å²) in [7, 11) is 1.63. The highest BCUT2D eigenvalue weighted by Gasteiger charge is 2.34. The van der Waals surface area contributed by atoms with Crippen LogP contribution >= 0.6 is 0 Å². The van der Waals surface area contributed by atoms with Crippen LogP contribution in [-0.2, 0) is 0 Å². The van der Waals surface area contributed by atoms with Crippen LogP contribution in [0.25, 0.3) is 0 Å². The lowest BCUT2D eigenvalue weighted by Crippen LogP contribution is -2.57. The highest BCUT2D eigenvalue weighted by molar-refractivity contribution is 5.89. The van der Waals surface area contributed by atoms with Crippen molar-refractivity contribution in [3.8, 4) is 5.75 Å². The second kappa shape index (κ2) is 5.71. The minimum atomic E-state index is -0.117. The normalized spacial score (nSPS) is 27.9. The minimum Gasteiger partial charge on any atom is -0.497 e. The minimum absolute atomic E-state index is 0.117. The molecule has 5 nitrogen and oxygen atoms in total. The first-order valence-corrected chi connectivity index (χ1v) is 7.18. The summed E-state index contributed by atoms with van der Waals surface area (Å²) >= 11 is 0. The lowest BCUT2D eigenvalue weighted by molar-refractivity contribution is 0.0777. The molecule has 2 N–H and O–H groups in total. The topological polar surface area (TPSA) is 53.6 Å². The third-order valence-corrected chi connectivity index (χ3v) is 4.32. The molecule has 3 fully saturated rings.